The van der Waals surface area contributed by atoms with Crippen molar-refractivity contribution in [3.05, 3.63) is 29.3 Å². The number of rotatable bonds is 4. The van der Waals surface area contributed by atoms with E-state index in [1.54, 1.807) is 11.1 Å². The van der Waals surface area contributed by atoms with Crippen molar-refractivity contribution in [2.24, 2.45) is 0 Å². The van der Waals surface area contributed by atoms with E-state index in [4.69, 9.17) is 0 Å². The largest absolute Gasteiger partial charge is 0.412 e. The van der Waals surface area contributed by atoms with Gasteiger partial charge in [-0.3, -0.25) is 0 Å². The molecule has 1 aromatic rings. The fraction of sp³-hybridized carbons (Fsp3) is 0.571. The van der Waals surface area contributed by atoms with Crippen LogP contribution in [0.25, 0.3) is 0 Å². The molecule has 0 spiro atoms. The van der Waals surface area contributed by atoms with Gasteiger partial charge in [0.1, 0.15) is 0 Å². The molecule has 0 bridgehead atoms. The van der Waals surface area contributed by atoms with Crippen molar-refractivity contribution in [2.45, 2.75) is 43.5 Å². The second-order valence-corrected chi connectivity index (χ2v) is 5.28. The van der Waals surface area contributed by atoms with Crippen LogP contribution >= 0.6 is 24.2 Å². The Morgan fingerprint density at radius 1 is 1.32 bits per heavy atom. The molecule has 5 N–H and O–H groups in total. The van der Waals surface area contributed by atoms with Crippen molar-refractivity contribution in [1.82, 2.24) is 5.32 Å². The van der Waals surface area contributed by atoms with E-state index in [9.17, 15) is 0 Å². The van der Waals surface area contributed by atoms with Gasteiger partial charge in [0.05, 0.1) is 0 Å². The third-order valence-corrected chi connectivity index (χ3v) is 4.10. The summed E-state index contributed by atoms with van der Waals surface area (Å²) in [6, 6.07) is 7.35. The predicted molar refractivity (Wildman–Crippen MR) is 86.7 cm³/mol. The monoisotopic (exact) mass is 307 g/mol. The van der Waals surface area contributed by atoms with Gasteiger partial charge in [0.2, 0.25) is 0 Å². The fourth-order valence-corrected chi connectivity index (χ4v) is 3.25. The first kappa shape index (κ1) is 21.0. The summed E-state index contributed by atoms with van der Waals surface area (Å²) >= 11 is 1.88. The molecule has 0 heterocycles. The van der Waals surface area contributed by atoms with E-state index in [0.29, 0.717) is 6.04 Å². The summed E-state index contributed by atoms with van der Waals surface area (Å²) in [5.41, 5.74) is 3.14. The van der Waals surface area contributed by atoms with Gasteiger partial charge in [-0.25, -0.2) is 0 Å². The maximum Gasteiger partial charge on any atom is 0.0334 e. The Hall–Kier alpha value is -0.260. The number of benzene rings is 1. The van der Waals surface area contributed by atoms with Crippen LogP contribution in [0, 0.1) is 0 Å². The summed E-state index contributed by atoms with van der Waals surface area (Å²) in [7, 11) is 0. The first-order valence-electron chi connectivity index (χ1n) is 6.26. The van der Waals surface area contributed by atoms with E-state index in [2.05, 4.69) is 36.7 Å². The highest BCUT2D eigenvalue weighted by Gasteiger charge is 2.21. The molecule has 1 atom stereocenters. The van der Waals surface area contributed by atoms with Crippen LogP contribution in [0.1, 0.15) is 43.4 Å². The van der Waals surface area contributed by atoms with Crippen molar-refractivity contribution in [2.75, 3.05) is 12.8 Å². The maximum absolute atomic E-state index is 3.69. The van der Waals surface area contributed by atoms with Crippen LogP contribution in [0.4, 0.5) is 0 Å². The molecule has 0 saturated carbocycles. The maximum atomic E-state index is 3.69. The smallest absolute Gasteiger partial charge is 0.0334 e. The number of hydrogen-bond acceptors (Lipinski definition) is 2. The minimum absolute atomic E-state index is 0. The van der Waals surface area contributed by atoms with Gasteiger partial charge in [-0.1, -0.05) is 19.1 Å². The number of thioether (sulfide) groups is 1. The van der Waals surface area contributed by atoms with Gasteiger partial charge in [-0.05, 0) is 55.7 Å². The van der Waals surface area contributed by atoms with Crippen LogP contribution < -0.4 is 5.32 Å². The second kappa shape index (κ2) is 10.5. The third kappa shape index (κ3) is 4.97. The normalized spacial score (nSPS) is 16.4. The topological polar surface area (TPSA) is 75.0 Å². The second-order valence-electron chi connectivity index (χ2n) is 4.43. The van der Waals surface area contributed by atoms with E-state index >= 15 is 0 Å². The van der Waals surface area contributed by atoms with Crippen LogP contribution in [0.5, 0.6) is 0 Å². The molecule has 0 amide bonds. The molecule has 5 heteroatoms. The van der Waals surface area contributed by atoms with Crippen LogP contribution in [0.15, 0.2) is 23.1 Å². The van der Waals surface area contributed by atoms with E-state index in [0.717, 1.165) is 6.54 Å². The van der Waals surface area contributed by atoms with Crippen LogP contribution in [0.3, 0.4) is 0 Å². The van der Waals surface area contributed by atoms with Gasteiger partial charge in [0, 0.05) is 10.9 Å². The lowest BCUT2D eigenvalue weighted by Crippen LogP contribution is -2.26. The molecule has 3 nitrogen and oxygen atoms in total. The Kier molecular flexibility index (Phi) is 11.7. The first-order chi connectivity index (χ1) is 7.86. The van der Waals surface area contributed by atoms with Crippen molar-refractivity contribution in [3.63, 3.8) is 0 Å². The van der Waals surface area contributed by atoms with Crippen molar-refractivity contribution in [3.8, 4) is 0 Å². The molecule has 1 aromatic carbocycles. The number of fused-ring (bicyclic) bond motifs is 1. The third-order valence-electron chi connectivity index (χ3n) is 3.30. The standard InChI is InChI=1S/C14H21NS.ClH.2H2O/c1-3-10-15-12-8-4-6-11-7-5-9-13(16-2)14(11)12;;;/h5,7,9,12,15H,3-4,6,8,10H2,1-2H3;1H;2*1H2. The number of aryl methyl sites for hydroxylation is 1. The van der Waals surface area contributed by atoms with E-state index < -0.39 is 0 Å². The minimum Gasteiger partial charge on any atom is -0.412 e. The molecule has 19 heavy (non-hydrogen) atoms. The lowest BCUT2D eigenvalue weighted by Gasteiger charge is -2.28. The summed E-state index contributed by atoms with van der Waals surface area (Å²) < 4.78 is 0. The molecule has 1 aliphatic carbocycles. The van der Waals surface area contributed by atoms with Crippen LogP contribution in [-0.4, -0.2) is 23.8 Å². The van der Waals surface area contributed by atoms with Crippen molar-refractivity contribution in [1.29, 1.82) is 0 Å². The molecular weight excluding hydrogens is 282 g/mol. The number of halogens is 1. The van der Waals surface area contributed by atoms with Gasteiger partial charge in [-0.15, -0.1) is 24.2 Å². The minimum atomic E-state index is 0. The molecule has 0 aliphatic heterocycles. The molecule has 0 aromatic heterocycles. The van der Waals surface area contributed by atoms with Crippen molar-refractivity contribution < 1.29 is 11.0 Å². The fourth-order valence-electron chi connectivity index (χ4n) is 2.54. The number of hydrogen-bond donors (Lipinski definition) is 1. The zero-order valence-electron chi connectivity index (χ0n) is 11.7. The molecule has 2 rings (SSSR count). The SMILES string of the molecule is CCCNC1CCCc2cccc(SC)c21.Cl.O.O. The Bertz CT molecular complexity index is 349. The average Bonchev–Trinajstić information content (AvgIpc) is 2.35. The van der Waals surface area contributed by atoms with Gasteiger partial charge in [-0.2, -0.15) is 0 Å². The average molecular weight is 308 g/mol. The first-order valence-corrected chi connectivity index (χ1v) is 7.48. The quantitative estimate of drug-likeness (QED) is 0.868. The molecule has 1 aliphatic rings. The van der Waals surface area contributed by atoms with Gasteiger partial charge < -0.3 is 16.3 Å². The Balaban J connectivity index is 0. The number of nitrogens with one attached hydrogen (secondary N) is 1. The summed E-state index contributed by atoms with van der Waals surface area (Å²) in [5.74, 6) is 0. The summed E-state index contributed by atoms with van der Waals surface area (Å²) in [6.45, 7) is 3.37. The summed E-state index contributed by atoms with van der Waals surface area (Å²) in [6.07, 6.45) is 7.28. The molecule has 0 saturated heterocycles. The van der Waals surface area contributed by atoms with E-state index in [1.165, 1.54) is 30.6 Å². The highest BCUT2D eigenvalue weighted by molar-refractivity contribution is 7.98. The van der Waals surface area contributed by atoms with Crippen molar-refractivity contribution >= 4 is 24.2 Å². The Morgan fingerprint density at radius 2 is 2.05 bits per heavy atom. The Morgan fingerprint density at radius 3 is 2.68 bits per heavy atom. The summed E-state index contributed by atoms with van der Waals surface area (Å²) in [5, 5.41) is 3.69. The van der Waals surface area contributed by atoms with E-state index in [-0.39, 0.29) is 23.4 Å². The zero-order chi connectivity index (χ0) is 11.4. The molecule has 0 fully saturated rings. The Labute approximate surface area is 126 Å². The lowest BCUT2D eigenvalue weighted by molar-refractivity contribution is 0.454. The van der Waals surface area contributed by atoms with Crippen LogP contribution in [-0.2, 0) is 6.42 Å². The van der Waals surface area contributed by atoms with Gasteiger partial charge in [0.25, 0.3) is 0 Å². The highest BCUT2D eigenvalue weighted by Crippen LogP contribution is 2.36. The molecule has 0 radical (unpaired) electrons. The van der Waals surface area contributed by atoms with E-state index in [1.807, 2.05) is 11.8 Å². The van der Waals surface area contributed by atoms with Crippen LogP contribution in [0.2, 0.25) is 0 Å². The van der Waals surface area contributed by atoms with Gasteiger partial charge in [0.15, 0.2) is 0 Å². The predicted octanol–water partition coefficient (Wildman–Crippen LogP) is 2.56. The summed E-state index contributed by atoms with van der Waals surface area (Å²) in [4.78, 5) is 1.46. The molecular formula is C14H26ClNO2S. The molecule has 1 unspecified atom stereocenters. The zero-order valence-corrected chi connectivity index (χ0v) is 13.3. The lowest BCUT2D eigenvalue weighted by atomic mass is 9.87. The van der Waals surface area contributed by atoms with Gasteiger partial charge >= 0.3 is 0 Å². The highest BCUT2D eigenvalue weighted by atomic mass is 35.5. The molecule has 112 valence electrons.